The molecule has 2 aliphatic heterocycles. The van der Waals surface area contributed by atoms with Crippen LogP contribution in [0.2, 0.25) is 0 Å². The van der Waals surface area contributed by atoms with Gasteiger partial charge in [-0.15, -0.1) is 0 Å². The van der Waals surface area contributed by atoms with Crippen molar-refractivity contribution in [2.45, 2.75) is 57.7 Å². The maximum atomic E-state index is 14.7. The summed E-state index contributed by atoms with van der Waals surface area (Å²) >= 11 is 0. The summed E-state index contributed by atoms with van der Waals surface area (Å²) in [5, 5.41) is 19.4. The zero-order valence-electron chi connectivity index (χ0n) is 22.0. The third-order valence-corrected chi connectivity index (χ3v) is 7.97. The van der Waals surface area contributed by atoms with Gasteiger partial charge in [0.2, 0.25) is 0 Å². The lowest BCUT2D eigenvalue weighted by atomic mass is 9.94. The number of nitriles is 1. The second kappa shape index (κ2) is 12.1. The molecule has 0 saturated carbocycles. The SMILES string of the molecule is CCC(F)(CC)CN1CCC(COc2ccc(-c3ccc(C(=O)N4CCC(O)C4)cc3)cc2C#N)CC1. The molecule has 37 heavy (non-hydrogen) atoms. The van der Waals surface area contributed by atoms with Gasteiger partial charge in [-0.2, -0.15) is 5.26 Å². The second-order valence-electron chi connectivity index (χ2n) is 10.5. The fraction of sp³-hybridized carbons (Fsp3) is 0.533. The van der Waals surface area contributed by atoms with Crippen molar-refractivity contribution in [1.82, 2.24) is 9.80 Å². The minimum absolute atomic E-state index is 0.0739. The molecule has 1 amide bonds. The first kappa shape index (κ1) is 27.1. The molecule has 198 valence electrons. The van der Waals surface area contributed by atoms with E-state index in [4.69, 9.17) is 4.74 Å². The molecule has 0 bridgehead atoms. The Morgan fingerprint density at radius 2 is 1.76 bits per heavy atom. The molecule has 1 atom stereocenters. The number of carbonyl (C=O) groups excluding carboxylic acids is 1. The van der Waals surface area contributed by atoms with Crippen LogP contribution in [0.25, 0.3) is 11.1 Å². The van der Waals surface area contributed by atoms with Crippen LogP contribution in [0, 0.1) is 17.2 Å². The van der Waals surface area contributed by atoms with Crippen molar-refractivity contribution in [3.05, 3.63) is 53.6 Å². The number of amides is 1. The van der Waals surface area contributed by atoms with Gasteiger partial charge in [0.25, 0.3) is 5.91 Å². The van der Waals surface area contributed by atoms with E-state index in [0.717, 1.165) is 37.1 Å². The summed E-state index contributed by atoms with van der Waals surface area (Å²) in [5.74, 6) is 0.893. The molecule has 0 radical (unpaired) electrons. The standard InChI is InChI=1S/C30H38FN3O3/c1-3-30(31,4-2)21-33-14-11-22(12-15-33)20-37-28-10-9-25(17-26(28)18-32)23-5-7-24(8-6-23)29(36)34-16-13-27(35)19-34/h5-10,17,22,27,35H,3-4,11-16,19-21H2,1-2H3. The van der Waals surface area contributed by atoms with Crippen molar-refractivity contribution < 1.29 is 19.0 Å². The number of aliphatic hydroxyl groups excluding tert-OH is 1. The van der Waals surface area contributed by atoms with Crippen molar-refractivity contribution in [3.8, 4) is 22.9 Å². The Labute approximate surface area is 219 Å². The molecule has 2 heterocycles. The number of carbonyl (C=O) groups is 1. The summed E-state index contributed by atoms with van der Waals surface area (Å²) in [6.45, 7) is 7.59. The Balaban J connectivity index is 1.32. The molecular formula is C30H38FN3O3. The third-order valence-electron chi connectivity index (χ3n) is 7.97. The average Bonchev–Trinajstić information content (AvgIpc) is 3.38. The first-order valence-corrected chi connectivity index (χ1v) is 13.5. The fourth-order valence-corrected chi connectivity index (χ4v) is 5.23. The van der Waals surface area contributed by atoms with Crippen LogP contribution < -0.4 is 4.74 Å². The van der Waals surface area contributed by atoms with Crippen molar-refractivity contribution in [2.24, 2.45) is 5.92 Å². The smallest absolute Gasteiger partial charge is 0.253 e. The number of aliphatic hydroxyl groups is 1. The van der Waals surface area contributed by atoms with Crippen LogP contribution in [0.4, 0.5) is 4.39 Å². The normalized spacial score (nSPS) is 19.1. The quantitative estimate of drug-likeness (QED) is 0.514. The van der Waals surface area contributed by atoms with E-state index < -0.39 is 11.8 Å². The summed E-state index contributed by atoms with van der Waals surface area (Å²) < 4.78 is 20.8. The Morgan fingerprint density at radius 3 is 2.35 bits per heavy atom. The Bertz CT molecular complexity index is 1100. The van der Waals surface area contributed by atoms with Crippen molar-refractivity contribution in [3.63, 3.8) is 0 Å². The molecule has 0 aliphatic carbocycles. The summed E-state index contributed by atoms with van der Waals surface area (Å²) in [7, 11) is 0. The summed E-state index contributed by atoms with van der Waals surface area (Å²) in [6.07, 6.45) is 3.20. The number of ether oxygens (including phenoxy) is 1. The Morgan fingerprint density at radius 1 is 1.08 bits per heavy atom. The Kier molecular flexibility index (Phi) is 8.83. The fourth-order valence-electron chi connectivity index (χ4n) is 5.23. The highest BCUT2D eigenvalue weighted by atomic mass is 19.1. The van der Waals surface area contributed by atoms with Gasteiger partial charge in [-0.1, -0.05) is 32.0 Å². The van der Waals surface area contributed by atoms with Gasteiger partial charge < -0.3 is 19.6 Å². The van der Waals surface area contributed by atoms with E-state index in [1.165, 1.54) is 0 Å². The molecule has 4 rings (SSSR count). The summed E-state index contributed by atoms with van der Waals surface area (Å²) in [6, 6.07) is 15.2. The first-order chi connectivity index (χ1) is 17.8. The van der Waals surface area contributed by atoms with E-state index in [-0.39, 0.29) is 5.91 Å². The van der Waals surface area contributed by atoms with Crippen LogP contribution >= 0.6 is 0 Å². The number of nitrogens with zero attached hydrogens (tertiary/aromatic N) is 3. The maximum absolute atomic E-state index is 14.7. The molecule has 7 heteroatoms. The molecule has 6 nitrogen and oxygen atoms in total. The number of benzene rings is 2. The molecule has 2 saturated heterocycles. The molecule has 1 N–H and O–H groups in total. The van der Waals surface area contributed by atoms with Gasteiger partial charge in [0.1, 0.15) is 17.5 Å². The molecule has 0 spiro atoms. The number of piperidine rings is 1. The van der Waals surface area contributed by atoms with Crippen molar-refractivity contribution >= 4 is 5.91 Å². The zero-order valence-corrected chi connectivity index (χ0v) is 22.0. The highest BCUT2D eigenvalue weighted by Gasteiger charge is 2.30. The molecule has 2 aliphatic rings. The van der Waals surface area contributed by atoms with E-state index in [9.17, 15) is 19.6 Å². The lowest BCUT2D eigenvalue weighted by Crippen LogP contribution is -2.44. The number of β-amino-alcohol motifs (C(OH)–C–C–N with tert-alkyl or cyclic N) is 1. The van der Waals surface area contributed by atoms with E-state index in [1.54, 1.807) is 17.0 Å². The highest BCUT2D eigenvalue weighted by molar-refractivity contribution is 5.95. The number of rotatable bonds is 9. The van der Waals surface area contributed by atoms with Gasteiger partial charge in [-0.25, -0.2) is 4.39 Å². The monoisotopic (exact) mass is 507 g/mol. The van der Waals surface area contributed by atoms with E-state index in [2.05, 4.69) is 11.0 Å². The minimum Gasteiger partial charge on any atom is -0.492 e. The van der Waals surface area contributed by atoms with Gasteiger partial charge in [0.05, 0.1) is 18.3 Å². The van der Waals surface area contributed by atoms with Crippen LogP contribution in [-0.4, -0.2) is 71.9 Å². The van der Waals surface area contributed by atoms with Crippen molar-refractivity contribution in [2.75, 3.05) is 39.3 Å². The second-order valence-corrected chi connectivity index (χ2v) is 10.5. The van der Waals surface area contributed by atoms with Gasteiger partial charge in [0.15, 0.2) is 0 Å². The average molecular weight is 508 g/mol. The maximum Gasteiger partial charge on any atom is 0.253 e. The van der Waals surface area contributed by atoms with E-state index in [1.807, 2.05) is 44.2 Å². The number of halogens is 1. The third kappa shape index (κ3) is 6.68. The molecule has 2 aromatic carbocycles. The predicted molar refractivity (Wildman–Crippen MR) is 142 cm³/mol. The van der Waals surface area contributed by atoms with Crippen LogP contribution in [0.15, 0.2) is 42.5 Å². The minimum atomic E-state index is -1.10. The molecule has 2 fully saturated rings. The Hall–Kier alpha value is -2.95. The lowest BCUT2D eigenvalue weighted by molar-refractivity contribution is 0.0568. The topological polar surface area (TPSA) is 76.8 Å². The van der Waals surface area contributed by atoms with Gasteiger partial charge >= 0.3 is 0 Å². The lowest BCUT2D eigenvalue weighted by Gasteiger charge is -2.36. The first-order valence-electron chi connectivity index (χ1n) is 13.5. The number of likely N-dealkylation sites (tertiary alicyclic amines) is 2. The van der Waals surface area contributed by atoms with Crippen LogP contribution in [0.5, 0.6) is 5.75 Å². The van der Waals surface area contributed by atoms with Crippen LogP contribution in [0.1, 0.15) is 61.9 Å². The summed E-state index contributed by atoms with van der Waals surface area (Å²) in [4.78, 5) is 16.5. The van der Waals surface area contributed by atoms with E-state index >= 15 is 0 Å². The molecule has 1 unspecified atom stereocenters. The van der Waals surface area contributed by atoms with Crippen LogP contribution in [-0.2, 0) is 0 Å². The summed E-state index contributed by atoms with van der Waals surface area (Å²) in [5.41, 5.74) is 1.77. The number of hydrogen-bond acceptors (Lipinski definition) is 5. The molecular weight excluding hydrogens is 469 g/mol. The van der Waals surface area contributed by atoms with Gasteiger partial charge in [-0.05, 0) is 86.5 Å². The predicted octanol–water partition coefficient (Wildman–Crippen LogP) is 5.05. The van der Waals surface area contributed by atoms with Gasteiger partial charge in [0, 0.05) is 25.2 Å². The highest BCUT2D eigenvalue weighted by Crippen LogP contribution is 2.29. The van der Waals surface area contributed by atoms with Crippen molar-refractivity contribution in [1.29, 1.82) is 5.26 Å². The molecule has 0 aromatic heterocycles. The zero-order chi connectivity index (χ0) is 26.4. The number of alkyl halides is 1. The number of hydrogen-bond donors (Lipinski definition) is 1. The molecule has 2 aromatic rings. The van der Waals surface area contributed by atoms with E-state index in [0.29, 0.717) is 68.3 Å². The van der Waals surface area contributed by atoms with Crippen LogP contribution in [0.3, 0.4) is 0 Å². The largest absolute Gasteiger partial charge is 0.492 e. The van der Waals surface area contributed by atoms with Gasteiger partial charge in [-0.3, -0.25) is 4.79 Å².